The van der Waals surface area contributed by atoms with E-state index in [0.717, 1.165) is 29.8 Å². The lowest BCUT2D eigenvalue weighted by Crippen LogP contribution is -2.15. The van der Waals surface area contributed by atoms with Gasteiger partial charge in [0.2, 0.25) is 0 Å². The molecule has 0 saturated heterocycles. The summed E-state index contributed by atoms with van der Waals surface area (Å²) in [5, 5.41) is 3.61. The number of nitrogens with zero attached hydrogens (tertiary/aromatic N) is 3. The number of hydrogen-bond donors (Lipinski definition) is 2. The Labute approximate surface area is 105 Å². The first-order valence-corrected chi connectivity index (χ1v) is 6.55. The molecule has 4 rings (SSSR count). The summed E-state index contributed by atoms with van der Waals surface area (Å²) in [5.41, 5.74) is 4.29. The van der Waals surface area contributed by atoms with Crippen LogP contribution >= 0.6 is 0 Å². The fourth-order valence-electron chi connectivity index (χ4n) is 2.51. The fourth-order valence-corrected chi connectivity index (χ4v) is 2.51. The largest absolute Gasteiger partial charge is 0.385 e. The van der Waals surface area contributed by atoms with E-state index in [1.54, 1.807) is 6.33 Å². The van der Waals surface area contributed by atoms with Gasteiger partial charge in [-0.1, -0.05) is 0 Å². The van der Waals surface area contributed by atoms with Gasteiger partial charge in [-0.2, -0.15) is 0 Å². The number of H-pyrrole nitrogens is 1. The second kappa shape index (κ2) is 3.80. The summed E-state index contributed by atoms with van der Waals surface area (Å²) in [6.45, 7) is 0. The third-order valence-electron chi connectivity index (χ3n) is 3.62. The van der Waals surface area contributed by atoms with Gasteiger partial charge in [0.25, 0.3) is 0 Å². The summed E-state index contributed by atoms with van der Waals surface area (Å²) in [7, 11) is 0. The summed E-state index contributed by atoms with van der Waals surface area (Å²) in [6.07, 6.45) is 9.50. The molecule has 0 radical (unpaired) electrons. The topological polar surface area (TPSA) is 66.5 Å². The maximum absolute atomic E-state index is 4.54. The summed E-state index contributed by atoms with van der Waals surface area (Å²) in [5.74, 6) is 0.843. The predicted octanol–water partition coefficient (Wildman–Crippen LogP) is 2.00. The predicted molar refractivity (Wildman–Crippen MR) is 68.6 cm³/mol. The molecule has 0 bridgehead atoms. The second-order valence-corrected chi connectivity index (χ2v) is 5.06. The molecule has 2 aliphatic rings. The number of aromatic nitrogens is 4. The van der Waals surface area contributed by atoms with Gasteiger partial charge < -0.3 is 10.3 Å². The number of allylic oxidation sites excluding steroid dienone is 2. The third-order valence-corrected chi connectivity index (χ3v) is 3.62. The normalized spacial score (nSPS) is 19.8. The molecule has 0 amide bonds. The Bertz CT molecular complexity index is 623. The first-order chi connectivity index (χ1) is 8.90. The summed E-state index contributed by atoms with van der Waals surface area (Å²) in [6, 6.07) is 0.696. The Morgan fingerprint density at radius 1 is 1.22 bits per heavy atom. The highest BCUT2D eigenvalue weighted by atomic mass is 15.0. The molecule has 1 saturated carbocycles. The van der Waals surface area contributed by atoms with Crippen molar-refractivity contribution in [1.82, 2.24) is 25.3 Å². The minimum atomic E-state index is 0.696. The molecule has 18 heavy (non-hydrogen) atoms. The Kier molecular flexibility index (Phi) is 2.12. The Balaban J connectivity index is 1.74. The molecule has 5 heteroatoms. The van der Waals surface area contributed by atoms with Crippen LogP contribution in [-0.2, 0) is 0 Å². The molecule has 0 spiro atoms. The van der Waals surface area contributed by atoms with Crippen LogP contribution in [0.15, 0.2) is 18.2 Å². The first-order valence-electron chi connectivity index (χ1n) is 6.55. The number of hydrogen-bond acceptors (Lipinski definition) is 4. The van der Waals surface area contributed by atoms with E-state index >= 15 is 0 Å². The molecule has 0 atom stereocenters. The molecule has 5 nitrogen and oxygen atoms in total. The van der Waals surface area contributed by atoms with Gasteiger partial charge in [0.05, 0.1) is 12.5 Å². The molecule has 2 N–H and O–H groups in total. The zero-order valence-corrected chi connectivity index (χ0v) is 10.1. The van der Waals surface area contributed by atoms with Gasteiger partial charge in [-0.15, -0.1) is 0 Å². The lowest BCUT2D eigenvalue weighted by Gasteiger charge is -2.08. The van der Waals surface area contributed by atoms with Crippen LogP contribution in [-0.4, -0.2) is 26.0 Å². The average molecular weight is 241 g/mol. The quantitative estimate of drug-likeness (QED) is 0.862. The zero-order chi connectivity index (χ0) is 11.9. The Morgan fingerprint density at radius 2 is 2.17 bits per heavy atom. The van der Waals surface area contributed by atoms with Crippen LogP contribution in [0.4, 0.5) is 0 Å². The Hall–Kier alpha value is -1.91. The van der Waals surface area contributed by atoms with Gasteiger partial charge in [0.1, 0.15) is 5.52 Å². The zero-order valence-electron chi connectivity index (χ0n) is 10.1. The van der Waals surface area contributed by atoms with Crippen molar-refractivity contribution in [1.29, 1.82) is 0 Å². The van der Waals surface area contributed by atoms with Crippen LogP contribution in [0, 0.1) is 0 Å². The molecular weight excluding hydrogens is 226 g/mol. The lowest BCUT2D eigenvalue weighted by molar-refractivity contribution is 0.757. The highest BCUT2D eigenvalue weighted by Gasteiger charge is 2.26. The minimum absolute atomic E-state index is 0.696. The standard InChI is InChI=1S/C13H15N5/c1-2-9(10(3-1)17-8-4-5-8)12-14-6-11-13(18-12)16-7-15-11/h6-8,17H,1-5H2,(H,14,15,16,18). The number of rotatable bonds is 3. The van der Waals surface area contributed by atoms with Crippen LogP contribution in [0.1, 0.15) is 37.9 Å². The van der Waals surface area contributed by atoms with Crippen LogP contribution < -0.4 is 5.32 Å². The first kappa shape index (κ1) is 10.1. The van der Waals surface area contributed by atoms with Crippen LogP contribution in [0.2, 0.25) is 0 Å². The average Bonchev–Trinajstić information content (AvgIpc) is 2.91. The van der Waals surface area contributed by atoms with Gasteiger partial charge in [0, 0.05) is 17.3 Å². The van der Waals surface area contributed by atoms with Crippen LogP contribution in [0.5, 0.6) is 0 Å². The molecule has 2 aromatic heterocycles. The number of fused-ring (bicyclic) bond motifs is 1. The van der Waals surface area contributed by atoms with Gasteiger partial charge in [-0.25, -0.2) is 15.0 Å². The monoisotopic (exact) mass is 241 g/mol. The van der Waals surface area contributed by atoms with E-state index in [1.807, 2.05) is 6.20 Å². The van der Waals surface area contributed by atoms with E-state index < -0.39 is 0 Å². The third kappa shape index (κ3) is 1.66. The summed E-state index contributed by atoms with van der Waals surface area (Å²) < 4.78 is 0. The van der Waals surface area contributed by atoms with Crippen molar-refractivity contribution < 1.29 is 0 Å². The highest BCUT2D eigenvalue weighted by molar-refractivity contribution is 5.73. The van der Waals surface area contributed by atoms with E-state index in [2.05, 4.69) is 25.3 Å². The maximum atomic E-state index is 4.54. The van der Waals surface area contributed by atoms with Crippen molar-refractivity contribution in [3.05, 3.63) is 24.0 Å². The molecular formula is C13H15N5. The second-order valence-electron chi connectivity index (χ2n) is 5.06. The smallest absolute Gasteiger partial charge is 0.181 e. The van der Waals surface area contributed by atoms with E-state index in [9.17, 15) is 0 Å². The molecule has 0 aliphatic heterocycles. The van der Waals surface area contributed by atoms with Gasteiger partial charge in [-0.05, 0) is 32.1 Å². The van der Waals surface area contributed by atoms with E-state index in [-0.39, 0.29) is 0 Å². The molecule has 2 aromatic rings. The Morgan fingerprint density at radius 3 is 3.06 bits per heavy atom. The minimum Gasteiger partial charge on any atom is -0.385 e. The summed E-state index contributed by atoms with van der Waals surface area (Å²) >= 11 is 0. The molecule has 2 aliphatic carbocycles. The van der Waals surface area contributed by atoms with Gasteiger partial charge >= 0.3 is 0 Å². The van der Waals surface area contributed by atoms with Crippen molar-refractivity contribution in [3.8, 4) is 0 Å². The maximum Gasteiger partial charge on any atom is 0.181 e. The van der Waals surface area contributed by atoms with Crippen molar-refractivity contribution in [3.63, 3.8) is 0 Å². The number of nitrogens with one attached hydrogen (secondary N) is 2. The lowest BCUT2D eigenvalue weighted by atomic mass is 10.2. The molecule has 1 fully saturated rings. The van der Waals surface area contributed by atoms with Gasteiger partial charge in [-0.3, -0.25) is 0 Å². The van der Waals surface area contributed by atoms with E-state index in [4.69, 9.17) is 0 Å². The highest BCUT2D eigenvalue weighted by Crippen LogP contribution is 2.33. The van der Waals surface area contributed by atoms with Gasteiger partial charge in [0.15, 0.2) is 11.5 Å². The van der Waals surface area contributed by atoms with Crippen molar-refractivity contribution in [2.75, 3.05) is 0 Å². The number of imidazole rings is 1. The van der Waals surface area contributed by atoms with Crippen molar-refractivity contribution in [2.45, 2.75) is 38.1 Å². The van der Waals surface area contributed by atoms with Crippen LogP contribution in [0.3, 0.4) is 0 Å². The van der Waals surface area contributed by atoms with E-state index in [0.29, 0.717) is 6.04 Å². The molecule has 0 aromatic carbocycles. The molecule has 0 unspecified atom stereocenters. The summed E-state index contributed by atoms with van der Waals surface area (Å²) in [4.78, 5) is 16.2. The fraction of sp³-hybridized carbons (Fsp3) is 0.462. The van der Waals surface area contributed by atoms with Crippen molar-refractivity contribution in [2.24, 2.45) is 0 Å². The van der Waals surface area contributed by atoms with Crippen molar-refractivity contribution >= 4 is 16.7 Å². The van der Waals surface area contributed by atoms with E-state index in [1.165, 1.54) is 30.5 Å². The van der Waals surface area contributed by atoms with Crippen LogP contribution in [0.25, 0.3) is 16.7 Å². The SMILES string of the molecule is c1nc2nc(C3=C(NC4CC4)CCC3)ncc2[nH]1. The number of aromatic amines is 1. The molecule has 92 valence electrons. The molecule has 2 heterocycles.